The Morgan fingerprint density at radius 1 is 0.280 bits per heavy atom. The van der Waals surface area contributed by atoms with E-state index in [9.17, 15) is 14.4 Å². The first-order valence-corrected chi connectivity index (χ1v) is 31.4. The number of allylic oxidation sites excluding steroid dienone is 18. The minimum Gasteiger partial charge on any atom is -0.462 e. The highest BCUT2D eigenvalue weighted by Crippen LogP contribution is 2.15. The van der Waals surface area contributed by atoms with Crippen molar-refractivity contribution in [3.63, 3.8) is 0 Å². The maximum Gasteiger partial charge on any atom is 0.306 e. The Bertz CT molecular complexity index is 1520. The van der Waals surface area contributed by atoms with Gasteiger partial charge in [-0.1, -0.05) is 271 Å². The summed E-state index contributed by atoms with van der Waals surface area (Å²) in [6.07, 6.45) is 85.1. The summed E-state index contributed by atoms with van der Waals surface area (Å²) < 4.78 is 16.9. The Morgan fingerprint density at radius 2 is 0.520 bits per heavy atom. The van der Waals surface area contributed by atoms with Crippen LogP contribution in [0.15, 0.2) is 109 Å². The van der Waals surface area contributed by atoms with E-state index >= 15 is 0 Å². The van der Waals surface area contributed by atoms with Crippen molar-refractivity contribution in [2.24, 2.45) is 0 Å². The molecule has 0 N–H and O–H groups in total. The average molecular weight is 1040 g/mol. The first-order chi connectivity index (χ1) is 37.0. The molecule has 428 valence electrons. The number of rotatable bonds is 56. The molecular weight excluding hydrogens is 925 g/mol. The molecule has 6 nitrogen and oxygen atoms in total. The third-order valence-electron chi connectivity index (χ3n) is 13.3. The van der Waals surface area contributed by atoms with Crippen molar-refractivity contribution in [1.29, 1.82) is 0 Å². The third kappa shape index (κ3) is 60.8. The minimum absolute atomic E-state index is 0.0973. The standard InChI is InChI=1S/C69H116O6/c1-4-7-10-13-16-19-22-25-27-29-31-33-34-36-37-39-41-44-47-50-53-56-59-62-68(71)74-65-66(64-73-67(70)61-58-55-52-49-46-43-24-21-18-15-12-9-6-3)75-69(72)63-60-57-54-51-48-45-42-40-38-35-32-30-28-26-23-20-17-14-11-8-5-2/h8,11,17,20,22,25-26,28-29,31-32,34-36,40,42,48,51,66H,4-7,9-10,12-16,18-19,21,23-24,27,30,33,37-39,41,43-47,49-50,52-65H2,1-3H3/b11-8-,20-17-,25-22-,28-26-,31-29-,35-32-,36-34-,42-40-,51-48-. The highest BCUT2D eigenvalue weighted by Gasteiger charge is 2.19. The van der Waals surface area contributed by atoms with Crippen LogP contribution in [0.4, 0.5) is 0 Å². The summed E-state index contributed by atoms with van der Waals surface area (Å²) in [5.41, 5.74) is 0. The van der Waals surface area contributed by atoms with Crippen molar-refractivity contribution in [3.8, 4) is 0 Å². The summed E-state index contributed by atoms with van der Waals surface area (Å²) in [5, 5.41) is 0. The summed E-state index contributed by atoms with van der Waals surface area (Å²) in [4.78, 5) is 38.3. The lowest BCUT2D eigenvalue weighted by molar-refractivity contribution is -0.167. The molecule has 0 bridgehead atoms. The van der Waals surface area contributed by atoms with Gasteiger partial charge < -0.3 is 14.2 Å². The second-order valence-corrected chi connectivity index (χ2v) is 20.6. The van der Waals surface area contributed by atoms with E-state index < -0.39 is 6.10 Å². The minimum atomic E-state index is -0.806. The zero-order chi connectivity index (χ0) is 54.3. The van der Waals surface area contributed by atoms with E-state index in [2.05, 4.69) is 130 Å². The van der Waals surface area contributed by atoms with Crippen molar-refractivity contribution in [2.75, 3.05) is 13.2 Å². The Hall–Kier alpha value is -3.93. The molecule has 0 rings (SSSR count). The van der Waals surface area contributed by atoms with Gasteiger partial charge in [0.25, 0.3) is 0 Å². The van der Waals surface area contributed by atoms with E-state index in [-0.39, 0.29) is 37.5 Å². The molecule has 0 radical (unpaired) electrons. The van der Waals surface area contributed by atoms with Gasteiger partial charge in [-0.05, 0) is 109 Å². The van der Waals surface area contributed by atoms with Crippen molar-refractivity contribution >= 4 is 17.9 Å². The van der Waals surface area contributed by atoms with Crippen molar-refractivity contribution in [1.82, 2.24) is 0 Å². The van der Waals surface area contributed by atoms with Crippen LogP contribution in [-0.2, 0) is 28.6 Å². The maximum absolute atomic E-state index is 12.9. The Balaban J connectivity index is 4.44. The zero-order valence-corrected chi connectivity index (χ0v) is 49.0. The first kappa shape index (κ1) is 71.1. The molecule has 0 saturated carbocycles. The summed E-state index contributed by atoms with van der Waals surface area (Å²) in [6.45, 7) is 6.49. The fraction of sp³-hybridized carbons (Fsp3) is 0.696. The smallest absolute Gasteiger partial charge is 0.306 e. The molecule has 75 heavy (non-hydrogen) atoms. The largest absolute Gasteiger partial charge is 0.462 e. The van der Waals surface area contributed by atoms with Gasteiger partial charge in [0, 0.05) is 19.3 Å². The van der Waals surface area contributed by atoms with Gasteiger partial charge in [-0.2, -0.15) is 0 Å². The predicted octanol–water partition coefficient (Wildman–Crippen LogP) is 21.4. The summed E-state index contributed by atoms with van der Waals surface area (Å²) >= 11 is 0. The monoisotopic (exact) mass is 1040 g/mol. The summed E-state index contributed by atoms with van der Waals surface area (Å²) in [7, 11) is 0. The molecule has 6 heteroatoms. The summed E-state index contributed by atoms with van der Waals surface area (Å²) in [6, 6.07) is 0. The molecule has 0 fully saturated rings. The highest BCUT2D eigenvalue weighted by molar-refractivity contribution is 5.71. The molecule has 0 aliphatic carbocycles. The van der Waals surface area contributed by atoms with Gasteiger partial charge in [0.2, 0.25) is 0 Å². The Kier molecular flexibility index (Phi) is 59.3. The van der Waals surface area contributed by atoms with Crippen LogP contribution >= 0.6 is 0 Å². The SMILES string of the molecule is CC/C=C\C/C=C\C/C=C\C/C=C\C/C=C\C/C=C\CCCCC(=O)OC(COC(=O)CCCCCCCCCC/C=C\C/C=C\C/C=C\CCCCCCC)COC(=O)CCCCCCCCCCCCCCC. The Labute approximate surface area is 463 Å². The molecule has 0 aliphatic heterocycles. The van der Waals surface area contributed by atoms with Gasteiger partial charge >= 0.3 is 17.9 Å². The van der Waals surface area contributed by atoms with Gasteiger partial charge in [0.1, 0.15) is 13.2 Å². The van der Waals surface area contributed by atoms with E-state index in [4.69, 9.17) is 14.2 Å². The van der Waals surface area contributed by atoms with E-state index in [0.29, 0.717) is 19.3 Å². The third-order valence-corrected chi connectivity index (χ3v) is 13.3. The fourth-order valence-corrected chi connectivity index (χ4v) is 8.57. The van der Waals surface area contributed by atoms with E-state index in [0.717, 1.165) is 109 Å². The Morgan fingerprint density at radius 3 is 0.840 bits per heavy atom. The number of carbonyl (C=O) groups is 3. The quantitative estimate of drug-likeness (QED) is 0.0261. The van der Waals surface area contributed by atoms with E-state index in [1.165, 1.54) is 135 Å². The lowest BCUT2D eigenvalue weighted by atomic mass is 10.0. The molecule has 0 heterocycles. The number of esters is 3. The van der Waals surface area contributed by atoms with Gasteiger partial charge in [0.15, 0.2) is 6.10 Å². The maximum atomic E-state index is 12.9. The van der Waals surface area contributed by atoms with Crippen molar-refractivity contribution in [3.05, 3.63) is 109 Å². The fourth-order valence-electron chi connectivity index (χ4n) is 8.57. The van der Waals surface area contributed by atoms with Crippen molar-refractivity contribution in [2.45, 2.75) is 297 Å². The highest BCUT2D eigenvalue weighted by atomic mass is 16.6. The number of unbranched alkanes of at least 4 members (excludes halogenated alkanes) is 27. The van der Waals surface area contributed by atoms with Crippen LogP contribution in [0.25, 0.3) is 0 Å². The van der Waals surface area contributed by atoms with Crippen molar-refractivity contribution < 1.29 is 28.6 Å². The molecular formula is C69H116O6. The van der Waals surface area contributed by atoms with Crippen LogP contribution < -0.4 is 0 Å². The normalized spacial score (nSPS) is 12.8. The second kappa shape index (κ2) is 62.6. The molecule has 0 aromatic heterocycles. The topological polar surface area (TPSA) is 78.9 Å². The van der Waals surface area contributed by atoms with Crippen LogP contribution in [0.1, 0.15) is 290 Å². The number of hydrogen-bond donors (Lipinski definition) is 0. The molecule has 0 saturated heterocycles. The van der Waals surface area contributed by atoms with Crippen LogP contribution in [0, 0.1) is 0 Å². The zero-order valence-electron chi connectivity index (χ0n) is 49.0. The molecule has 0 aromatic rings. The molecule has 0 amide bonds. The van der Waals surface area contributed by atoms with E-state index in [1.807, 2.05) is 0 Å². The number of ether oxygens (including phenoxy) is 3. The van der Waals surface area contributed by atoms with Gasteiger partial charge in [-0.25, -0.2) is 0 Å². The van der Waals surface area contributed by atoms with Crippen LogP contribution in [0.5, 0.6) is 0 Å². The average Bonchev–Trinajstić information content (AvgIpc) is 3.41. The van der Waals surface area contributed by atoms with Gasteiger partial charge in [-0.15, -0.1) is 0 Å². The van der Waals surface area contributed by atoms with E-state index in [1.54, 1.807) is 0 Å². The predicted molar refractivity (Wildman–Crippen MR) is 325 cm³/mol. The molecule has 0 aliphatic rings. The first-order valence-electron chi connectivity index (χ1n) is 31.4. The number of hydrogen-bond acceptors (Lipinski definition) is 6. The van der Waals surface area contributed by atoms with Gasteiger partial charge in [-0.3, -0.25) is 14.4 Å². The molecule has 1 unspecified atom stereocenters. The lowest BCUT2D eigenvalue weighted by Crippen LogP contribution is -2.30. The van der Waals surface area contributed by atoms with Crippen LogP contribution in [0.3, 0.4) is 0 Å². The second-order valence-electron chi connectivity index (χ2n) is 20.6. The summed E-state index contributed by atoms with van der Waals surface area (Å²) in [5.74, 6) is -0.942. The lowest BCUT2D eigenvalue weighted by Gasteiger charge is -2.18. The number of carbonyl (C=O) groups excluding carboxylic acids is 3. The molecule has 0 aromatic carbocycles. The molecule has 0 spiro atoms. The van der Waals surface area contributed by atoms with Gasteiger partial charge in [0.05, 0.1) is 0 Å². The molecule has 1 atom stereocenters. The van der Waals surface area contributed by atoms with Crippen LogP contribution in [-0.4, -0.2) is 37.2 Å². The van der Waals surface area contributed by atoms with Crippen LogP contribution in [0.2, 0.25) is 0 Å².